The highest BCUT2D eigenvalue weighted by atomic mass is 16.7. The summed E-state index contributed by atoms with van der Waals surface area (Å²) in [5, 5.41) is 3.17. The van der Waals surface area contributed by atoms with E-state index in [2.05, 4.69) is 10.3 Å². The van der Waals surface area contributed by atoms with E-state index in [1.807, 2.05) is 42.5 Å². The van der Waals surface area contributed by atoms with Crippen molar-refractivity contribution < 1.29 is 13.9 Å². The predicted molar refractivity (Wildman–Crippen MR) is 73.9 cm³/mol. The van der Waals surface area contributed by atoms with Crippen molar-refractivity contribution in [2.75, 3.05) is 12.1 Å². The van der Waals surface area contributed by atoms with Crippen LogP contribution < -0.4 is 14.8 Å². The summed E-state index contributed by atoms with van der Waals surface area (Å²) in [6.07, 6.45) is 0. The number of aromatic nitrogens is 1. The summed E-state index contributed by atoms with van der Waals surface area (Å²) in [4.78, 5) is 4.37. The lowest BCUT2D eigenvalue weighted by molar-refractivity contribution is 0.174. The molecule has 1 aromatic heterocycles. The highest BCUT2D eigenvalue weighted by Crippen LogP contribution is 2.32. The molecule has 100 valence electrons. The van der Waals surface area contributed by atoms with E-state index < -0.39 is 0 Å². The Morgan fingerprint density at radius 2 is 1.95 bits per heavy atom. The van der Waals surface area contributed by atoms with Gasteiger partial charge in [-0.05, 0) is 29.8 Å². The van der Waals surface area contributed by atoms with Crippen molar-refractivity contribution >= 4 is 17.1 Å². The fourth-order valence-corrected chi connectivity index (χ4v) is 2.18. The van der Waals surface area contributed by atoms with Gasteiger partial charge in [0.15, 0.2) is 17.1 Å². The minimum absolute atomic E-state index is 0.289. The van der Waals surface area contributed by atoms with Crippen LogP contribution in [-0.2, 0) is 6.54 Å². The first-order valence-corrected chi connectivity index (χ1v) is 6.36. The largest absolute Gasteiger partial charge is 0.454 e. The SMILES string of the molecule is c1ccc2oc(NCc3ccc4c(c3)OCO4)nc2c1. The molecule has 0 saturated carbocycles. The van der Waals surface area contributed by atoms with Gasteiger partial charge in [0.1, 0.15) is 5.52 Å². The molecule has 0 fully saturated rings. The fraction of sp³-hybridized carbons (Fsp3) is 0.133. The molecule has 0 radical (unpaired) electrons. The lowest BCUT2D eigenvalue weighted by Gasteiger charge is -2.03. The molecule has 5 nitrogen and oxygen atoms in total. The molecule has 5 heteroatoms. The van der Waals surface area contributed by atoms with Gasteiger partial charge in [-0.2, -0.15) is 4.98 Å². The molecule has 20 heavy (non-hydrogen) atoms. The van der Waals surface area contributed by atoms with E-state index in [1.54, 1.807) is 0 Å². The van der Waals surface area contributed by atoms with Crippen molar-refractivity contribution in [3.8, 4) is 11.5 Å². The van der Waals surface area contributed by atoms with Gasteiger partial charge in [0, 0.05) is 6.54 Å². The zero-order valence-corrected chi connectivity index (χ0v) is 10.6. The fourth-order valence-electron chi connectivity index (χ4n) is 2.18. The van der Waals surface area contributed by atoms with Crippen molar-refractivity contribution in [3.63, 3.8) is 0 Å². The van der Waals surface area contributed by atoms with Crippen molar-refractivity contribution in [1.29, 1.82) is 0 Å². The average molecular weight is 268 g/mol. The van der Waals surface area contributed by atoms with E-state index in [0.29, 0.717) is 12.6 Å². The van der Waals surface area contributed by atoms with Crippen LogP contribution in [0.2, 0.25) is 0 Å². The third-order valence-electron chi connectivity index (χ3n) is 3.17. The number of para-hydroxylation sites is 2. The minimum Gasteiger partial charge on any atom is -0.454 e. The van der Waals surface area contributed by atoms with Crippen molar-refractivity contribution in [3.05, 3.63) is 48.0 Å². The van der Waals surface area contributed by atoms with E-state index >= 15 is 0 Å². The first-order valence-electron chi connectivity index (χ1n) is 6.36. The van der Waals surface area contributed by atoms with Gasteiger partial charge in [0.05, 0.1) is 0 Å². The molecule has 0 amide bonds. The summed E-state index contributed by atoms with van der Waals surface area (Å²) in [6, 6.07) is 14.1. The Hall–Kier alpha value is -2.69. The number of hydrogen-bond donors (Lipinski definition) is 1. The lowest BCUT2D eigenvalue weighted by atomic mass is 10.2. The van der Waals surface area contributed by atoms with Gasteiger partial charge in [0.25, 0.3) is 6.01 Å². The third-order valence-corrected chi connectivity index (χ3v) is 3.17. The van der Waals surface area contributed by atoms with Gasteiger partial charge in [-0.15, -0.1) is 0 Å². The maximum absolute atomic E-state index is 5.60. The second kappa shape index (κ2) is 4.45. The second-order valence-electron chi connectivity index (χ2n) is 4.53. The number of ether oxygens (including phenoxy) is 2. The number of fused-ring (bicyclic) bond motifs is 2. The van der Waals surface area contributed by atoms with Crippen molar-refractivity contribution in [2.24, 2.45) is 0 Å². The van der Waals surface area contributed by atoms with Crippen molar-refractivity contribution in [1.82, 2.24) is 4.98 Å². The Bertz CT molecular complexity index is 734. The quantitative estimate of drug-likeness (QED) is 0.790. The van der Waals surface area contributed by atoms with E-state index in [9.17, 15) is 0 Å². The molecule has 1 aliphatic heterocycles. The molecule has 3 aromatic rings. The number of nitrogens with zero attached hydrogens (tertiary/aromatic N) is 1. The number of nitrogens with one attached hydrogen (secondary N) is 1. The van der Waals surface area contributed by atoms with Crippen LogP contribution in [0.5, 0.6) is 11.5 Å². The first-order chi connectivity index (χ1) is 9.88. The van der Waals surface area contributed by atoms with Crippen LogP contribution in [0.1, 0.15) is 5.56 Å². The molecule has 0 saturated heterocycles. The number of oxazole rings is 1. The second-order valence-corrected chi connectivity index (χ2v) is 4.53. The Kier molecular flexibility index (Phi) is 2.48. The molecule has 0 bridgehead atoms. The summed E-state index contributed by atoms with van der Waals surface area (Å²) in [5.41, 5.74) is 2.71. The Morgan fingerprint density at radius 3 is 2.90 bits per heavy atom. The Labute approximate surface area is 115 Å². The van der Waals surface area contributed by atoms with Gasteiger partial charge in [-0.1, -0.05) is 18.2 Å². The predicted octanol–water partition coefficient (Wildman–Crippen LogP) is 3.17. The highest BCUT2D eigenvalue weighted by Gasteiger charge is 2.13. The molecule has 2 heterocycles. The molecule has 2 aromatic carbocycles. The van der Waals surface area contributed by atoms with E-state index in [1.165, 1.54) is 0 Å². The van der Waals surface area contributed by atoms with Crippen LogP contribution in [0.25, 0.3) is 11.1 Å². The summed E-state index contributed by atoms with van der Waals surface area (Å²) >= 11 is 0. The molecular weight excluding hydrogens is 256 g/mol. The molecular formula is C15H12N2O3. The Morgan fingerprint density at radius 1 is 1.05 bits per heavy atom. The maximum atomic E-state index is 5.60. The first kappa shape index (κ1) is 11.2. The average Bonchev–Trinajstić information content (AvgIpc) is 3.10. The topological polar surface area (TPSA) is 56.5 Å². The third kappa shape index (κ3) is 1.93. The van der Waals surface area contributed by atoms with Gasteiger partial charge in [-0.25, -0.2) is 0 Å². The molecule has 4 rings (SSSR count). The van der Waals surface area contributed by atoms with Crippen LogP contribution in [-0.4, -0.2) is 11.8 Å². The normalized spacial score (nSPS) is 12.8. The van der Waals surface area contributed by atoms with Gasteiger partial charge >= 0.3 is 0 Å². The van der Waals surface area contributed by atoms with Crippen LogP contribution in [0, 0.1) is 0 Å². The summed E-state index contributed by atoms with van der Waals surface area (Å²) in [6.45, 7) is 0.904. The zero-order valence-electron chi connectivity index (χ0n) is 10.6. The van der Waals surface area contributed by atoms with E-state index in [4.69, 9.17) is 13.9 Å². The molecule has 0 aliphatic carbocycles. The van der Waals surface area contributed by atoms with Crippen molar-refractivity contribution in [2.45, 2.75) is 6.54 Å². The molecule has 0 atom stereocenters. The van der Waals surface area contributed by atoms with E-state index in [-0.39, 0.29) is 6.79 Å². The number of benzene rings is 2. The van der Waals surface area contributed by atoms with Crippen LogP contribution in [0.4, 0.5) is 6.01 Å². The van der Waals surface area contributed by atoms with Gasteiger partial charge in [0.2, 0.25) is 6.79 Å². The Balaban J connectivity index is 1.52. The monoisotopic (exact) mass is 268 g/mol. The van der Waals surface area contributed by atoms with E-state index in [0.717, 1.165) is 28.2 Å². The van der Waals surface area contributed by atoms with Gasteiger partial charge < -0.3 is 19.2 Å². The lowest BCUT2D eigenvalue weighted by Crippen LogP contribution is -1.99. The number of hydrogen-bond acceptors (Lipinski definition) is 5. The smallest absolute Gasteiger partial charge is 0.295 e. The molecule has 1 N–H and O–H groups in total. The highest BCUT2D eigenvalue weighted by molar-refractivity contribution is 5.74. The number of rotatable bonds is 3. The summed E-state index contributed by atoms with van der Waals surface area (Å²) in [7, 11) is 0. The molecule has 0 spiro atoms. The minimum atomic E-state index is 0.289. The number of anilines is 1. The van der Waals surface area contributed by atoms with Crippen LogP contribution >= 0.6 is 0 Å². The van der Waals surface area contributed by atoms with Gasteiger partial charge in [-0.3, -0.25) is 0 Å². The molecule has 0 unspecified atom stereocenters. The zero-order chi connectivity index (χ0) is 13.4. The maximum Gasteiger partial charge on any atom is 0.295 e. The van der Waals surface area contributed by atoms with Crippen LogP contribution in [0.15, 0.2) is 46.9 Å². The molecule has 1 aliphatic rings. The standard InChI is InChI=1S/C15H12N2O3/c1-2-4-12-11(3-1)17-15(20-12)16-8-10-5-6-13-14(7-10)19-9-18-13/h1-7H,8-9H2,(H,16,17). The summed E-state index contributed by atoms with van der Waals surface area (Å²) in [5.74, 6) is 1.57. The van der Waals surface area contributed by atoms with Crippen LogP contribution in [0.3, 0.4) is 0 Å². The summed E-state index contributed by atoms with van der Waals surface area (Å²) < 4.78 is 16.2.